The zero-order valence-electron chi connectivity index (χ0n) is 19.2. The van der Waals surface area contributed by atoms with Gasteiger partial charge >= 0.3 is 0 Å². The van der Waals surface area contributed by atoms with E-state index in [1.807, 2.05) is 75.4 Å². The van der Waals surface area contributed by atoms with E-state index in [1.54, 1.807) is 4.57 Å². The first kappa shape index (κ1) is 21.4. The molecule has 8 nitrogen and oxygen atoms in total. The molecule has 9 heteroatoms. The Hall–Kier alpha value is -3.46. The van der Waals surface area contributed by atoms with Gasteiger partial charge in [-0.05, 0) is 37.6 Å². The van der Waals surface area contributed by atoms with Gasteiger partial charge in [-0.3, -0.25) is 9.20 Å². The minimum Gasteiger partial charge on any atom is -0.339 e. The molecule has 0 saturated carbocycles. The molecule has 0 atom stereocenters. The van der Waals surface area contributed by atoms with Crippen molar-refractivity contribution in [3.8, 4) is 5.69 Å². The Labute approximate surface area is 194 Å². The summed E-state index contributed by atoms with van der Waals surface area (Å²) in [5.41, 5.74) is 3.34. The van der Waals surface area contributed by atoms with Gasteiger partial charge in [-0.2, -0.15) is 4.98 Å². The monoisotopic (exact) mass is 460 g/mol. The molecule has 0 aliphatic heterocycles. The molecule has 2 aromatic carbocycles. The third-order valence-electron chi connectivity index (χ3n) is 5.43. The number of nitrogens with zero attached hydrogens (tertiary/aromatic N) is 6. The van der Waals surface area contributed by atoms with Gasteiger partial charge in [0.15, 0.2) is 11.0 Å². The molecule has 0 fully saturated rings. The quantitative estimate of drug-likeness (QED) is 0.361. The predicted octanol–water partition coefficient (Wildman–Crippen LogP) is 4.62. The number of hydrogen-bond donors (Lipinski definition) is 0. The van der Waals surface area contributed by atoms with Crippen LogP contribution in [-0.2, 0) is 11.2 Å². The normalized spacial score (nSPS) is 12.2. The maximum atomic E-state index is 13.5. The van der Waals surface area contributed by atoms with Crippen LogP contribution < -0.4 is 5.56 Å². The van der Waals surface area contributed by atoms with Crippen LogP contribution in [0.1, 0.15) is 43.6 Å². The van der Waals surface area contributed by atoms with Gasteiger partial charge in [0.1, 0.15) is 0 Å². The second-order valence-electron chi connectivity index (χ2n) is 9.12. The van der Waals surface area contributed by atoms with E-state index in [2.05, 4.69) is 26.4 Å². The Morgan fingerprint density at radius 3 is 2.58 bits per heavy atom. The van der Waals surface area contributed by atoms with Gasteiger partial charge in [0.2, 0.25) is 11.7 Å². The van der Waals surface area contributed by atoms with Gasteiger partial charge in [-0.1, -0.05) is 67.5 Å². The van der Waals surface area contributed by atoms with Gasteiger partial charge < -0.3 is 4.52 Å². The minimum absolute atomic E-state index is 0.123. The summed E-state index contributed by atoms with van der Waals surface area (Å²) in [4.78, 5) is 18.0. The topological polar surface area (TPSA) is 91.1 Å². The van der Waals surface area contributed by atoms with E-state index < -0.39 is 0 Å². The van der Waals surface area contributed by atoms with Gasteiger partial charge in [0.05, 0.1) is 22.3 Å². The number of para-hydroxylation sites is 1. The van der Waals surface area contributed by atoms with Crippen molar-refractivity contribution in [2.45, 2.75) is 50.9 Å². The number of rotatable bonds is 4. The van der Waals surface area contributed by atoms with Crippen LogP contribution in [0.25, 0.3) is 22.4 Å². The highest BCUT2D eigenvalue weighted by Gasteiger charge is 2.23. The van der Waals surface area contributed by atoms with Gasteiger partial charge in [-0.15, -0.1) is 10.2 Å². The SMILES string of the molecule is Cc1ccc(-n2c(=O)c3ccccc3n3c(SCc4noc(C(C)(C)C)n4)nnc23)c(C)c1. The van der Waals surface area contributed by atoms with Crippen molar-refractivity contribution < 1.29 is 4.52 Å². The molecule has 0 amide bonds. The summed E-state index contributed by atoms with van der Waals surface area (Å²) in [5.74, 6) is 2.13. The molecule has 0 bridgehead atoms. The number of hydrogen-bond acceptors (Lipinski definition) is 7. The van der Waals surface area contributed by atoms with Crippen molar-refractivity contribution in [3.05, 3.63) is 75.7 Å². The Balaban J connectivity index is 1.66. The third kappa shape index (κ3) is 3.72. The molecule has 0 aliphatic rings. The molecule has 168 valence electrons. The second-order valence-corrected chi connectivity index (χ2v) is 10.1. The summed E-state index contributed by atoms with van der Waals surface area (Å²) in [6, 6.07) is 13.5. The average molecular weight is 461 g/mol. The van der Waals surface area contributed by atoms with Crippen LogP contribution in [0.3, 0.4) is 0 Å². The molecule has 0 spiro atoms. The summed E-state index contributed by atoms with van der Waals surface area (Å²) >= 11 is 1.45. The maximum Gasteiger partial charge on any atom is 0.267 e. The highest BCUT2D eigenvalue weighted by molar-refractivity contribution is 7.98. The van der Waals surface area contributed by atoms with Crippen LogP contribution in [0.15, 0.2) is 56.9 Å². The van der Waals surface area contributed by atoms with Crippen LogP contribution in [-0.4, -0.2) is 29.3 Å². The molecule has 3 heterocycles. The third-order valence-corrected chi connectivity index (χ3v) is 6.35. The molecule has 5 aromatic rings. The smallest absolute Gasteiger partial charge is 0.267 e. The lowest BCUT2D eigenvalue weighted by molar-refractivity contribution is 0.319. The lowest BCUT2D eigenvalue weighted by Gasteiger charge is -2.13. The standard InChI is InChI=1S/C24H24N6O2S/c1-14-10-11-17(15(2)12-14)29-20(31)16-8-6-7-9-18(16)30-22(29)26-27-23(30)33-13-19-25-21(32-28-19)24(3,4)5/h6-12H,13H2,1-5H3. The van der Waals surface area contributed by atoms with Gasteiger partial charge in [0, 0.05) is 5.41 Å². The van der Waals surface area contributed by atoms with E-state index in [0.717, 1.165) is 22.3 Å². The lowest BCUT2D eigenvalue weighted by atomic mass is 9.97. The van der Waals surface area contributed by atoms with E-state index in [1.165, 1.54) is 11.8 Å². The fraction of sp³-hybridized carbons (Fsp3) is 0.292. The number of fused-ring (bicyclic) bond motifs is 3. The molecule has 0 radical (unpaired) electrons. The zero-order valence-corrected chi connectivity index (χ0v) is 20.0. The predicted molar refractivity (Wildman–Crippen MR) is 128 cm³/mol. The second kappa shape index (κ2) is 7.84. The highest BCUT2D eigenvalue weighted by atomic mass is 32.2. The van der Waals surface area contributed by atoms with Crippen LogP contribution in [0.5, 0.6) is 0 Å². The molecule has 0 saturated heterocycles. The lowest BCUT2D eigenvalue weighted by Crippen LogP contribution is -2.22. The van der Waals surface area contributed by atoms with Crippen LogP contribution in [0.4, 0.5) is 0 Å². The van der Waals surface area contributed by atoms with Crippen molar-refractivity contribution >= 4 is 28.4 Å². The molecule has 5 rings (SSSR count). The Morgan fingerprint density at radius 1 is 1.06 bits per heavy atom. The van der Waals surface area contributed by atoms with E-state index in [4.69, 9.17) is 4.52 Å². The minimum atomic E-state index is -0.213. The van der Waals surface area contributed by atoms with E-state index in [9.17, 15) is 4.79 Å². The molecule has 0 unspecified atom stereocenters. The highest BCUT2D eigenvalue weighted by Crippen LogP contribution is 2.27. The molecule has 33 heavy (non-hydrogen) atoms. The van der Waals surface area contributed by atoms with Crippen molar-refractivity contribution in [2.75, 3.05) is 0 Å². The fourth-order valence-electron chi connectivity index (χ4n) is 3.79. The van der Waals surface area contributed by atoms with Crippen molar-refractivity contribution in [1.29, 1.82) is 0 Å². The number of aryl methyl sites for hydroxylation is 2. The first-order valence-corrected chi connectivity index (χ1v) is 11.6. The van der Waals surface area contributed by atoms with Crippen molar-refractivity contribution in [1.82, 2.24) is 29.3 Å². The first-order chi connectivity index (χ1) is 15.7. The van der Waals surface area contributed by atoms with E-state index >= 15 is 0 Å². The molecular weight excluding hydrogens is 436 g/mol. The summed E-state index contributed by atoms with van der Waals surface area (Å²) in [5, 5.41) is 14.2. The molecule has 3 aromatic heterocycles. The maximum absolute atomic E-state index is 13.5. The summed E-state index contributed by atoms with van der Waals surface area (Å²) < 4.78 is 8.97. The van der Waals surface area contributed by atoms with Gasteiger partial charge in [-0.25, -0.2) is 4.57 Å². The Bertz CT molecular complexity index is 1560. The Morgan fingerprint density at radius 2 is 1.85 bits per heavy atom. The largest absolute Gasteiger partial charge is 0.339 e. The van der Waals surface area contributed by atoms with Crippen molar-refractivity contribution in [3.63, 3.8) is 0 Å². The van der Waals surface area contributed by atoms with E-state index in [-0.39, 0.29) is 11.0 Å². The first-order valence-electron chi connectivity index (χ1n) is 10.7. The van der Waals surface area contributed by atoms with Crippen LogP contribution in [0.2, 0.25) is 0 Å². The van der Waals surface area contributed by atoms with Crippen LogP contribution in [0, 0.1) is 13.8 Å². The summed E-state index contributed by atoms with van der Waals surface area (Å²) in [6.07, 6.45) is 0. The molecule has 0 aliphatic carbocycles. The van der Waals surface area contributed by atoms with E-state index in [0.29, 0.717) is 33.8 Å². The zero-order chi connectivity index (χ0) is 23.3. The number of aromatic nitrogens is 6. The Kier molecular flexibility index (Phi) is 5.08. The van der Waals surface area contributed by atoms with Gasteiger partial charge in [0.25, 0.3) is 5.56 Å². The summed E-state index contributed by atoms with van der Waals surface area (Å²) in [7, 11) is 0. The molecule has 0 N–H and O–H groups in total. The molecular formula is C24H24N6O2S. The van der Waals surface area contributed by atoms with Crippen molar-refractivity contribution in [2.24, 2.45) is 0 Å². The number of benzene rings is 2. The average Bonchev–Trinajstić information content (AvgIpc) is 3.41. The van der Waals surface area contributed by atoms with Crippen LogP contribution >= 0.6 is 11.8 Å². The number of thioether (sulfide) groups is 1. The summed E-state index contributed by atoms with van der Waals surface area (Å²) in [6.45, 7) is 10.1. The fourth-order valence-corrected chi connectivity index (χ4v) is 4.57.